The molecular weight excluding hydrogens is 400 g/mol. The first-order chi connectivity index (χ1) is 15.6. The number of para-hydroxylation sites is 2. The summed E-state index contributed by atoms with van der Waals surface area (Å²) in [5.41, 5.74) is 4.54. The van der Waals surface area contributed by atoms with E-state index in [0.29, 0.717) is 12.0 Å². The maximum absolute atomic E-state index is 13.1. The summed E-state index contributed by atoms with van der Waals surface area (Å²) in [5, 5.41) is 6.11. The lowest BCUT2D eigenvalue weighted by atomic mass is 10.0. The molecular formula is C26H24N4O2. The number of carbonyl (C=O) groups excluding carboxylic acids is 2. The van der Waals surface area contributed by atoms with E-state index in [9.17, 15) is 9.59 Å². The monoisotopic (exact) mass is 424 g/mol. The van der Waals surface area contributed by atoms with Crippen LogP contribution in [-0.2, 0) is 18.3 Å². The molecule has 3 aromatic carbocycles. The summed E-state index contributed by atoms with van der Waals surface area (Å²) in [6.07, 6.45) is 0.801. The average molecular weight is 425 g/mol. The topological polar surface area (TPSA) is 76.0 Å². The Balaban J connectivity index is 1.41. The molecule has 5 rings (SSSR count). The lowest BCUT2D eigenvalue weighted by Crippen LogP contribution is -2.34. The van der Waals surface area contributed by atoms with Gasteiger partial charge in [-0.05, 0) is 35.7 Å². The maximum Gasteiger partial charge on any atom is 0.252 e. The quantitative estimate of drug-likeness (QED) is 0.494. The van der Waals surface area contributed by atoms with Gasteiger partial charge in [-0.1, -0.05) is 60.7 Å². The normalized spacial score (nSPS) is 15.9. The van der Waals surface area contributed by atoms with E-state index in [1.54, 1.807) is 6.07 Å². The standard InChI is InChI=1S/C26H24N4O2/c1-30-23-14-8-7-13-20(23)28-25(30)22(15-17-9-3-2-4-10-17)27-24(31)16-21-18-11-5-6-12-19(18)26(32)29-21/h2-14,21-22H,15-16H2,1H3,(H,27,31)(H,29,32). The Labute approximate surface area is 186 Å². The second kappa shape index (κ2) is 8.30. The predicted octanol–water partition coefficient (Wildman–Crippen LogP) is 3.85. The van der Waals surface area contributed by atoms with Gasteiger partial charge in [-0.25, -0.2) is 4.98 Å². The fraction of sp³-hybridized carbons (Fsp3) is 0.192. The van der Waals surface area contributed by atoms with Crippen molar-refractivity contribution in [1.29, 1.82) is 0 Å². The number of fused-ring (bicyclic) bond motifs is 2. The van der Waals surface area contributed by atoms with Crippen molar-refractivity contribution in [3.63, 3.8) is 0 Å². The van der Waals surface area contributed by atoms with Crippen LogP contribution < -0.4 is 10.6 Å². The smallest absolute Gasteiger partial charge is 0.252 e. The van der Waals surface area contributed by atoms with Crippen LogP contribution in [0.15, 0.2) is 78.9 Å². The zero-order chi connectivity index (χ0) is 22.1. The number of imidazole rings is 1. The van der Waals surface area contributed by atoms with E-state index in [4.69, 9.17) is 4.98 Å². The number of nitrogens with zero attached hydrogens (tertiary/aromatic N) is 2. The molecule has 1 aliphatic heterocycles. The molecule has 4 aromatic rings. The minimum absolute atomic E-state index is 0.125. The van der Waals surface area contributed by atoms with E-state index in [-0.39, 0.29) is 30.3 Å². The first-order valence-electron chi connectivity index (χ1n) is 10.7. The van der Waals surface area contributed by atoms with Gasteiger partial charge in [0.1, 0.15) is 5.82 Å². The van der Waals surface area contributed by atoms with Gasteiger partial charge in [-0.3, -0.25) is 9.59 Å². The molecule has 0 aliphatic carbocycles. The third-order valence-corrected chi connectivity index (χ3v) is 6.03. The van der Waals surface area contributed by atoms with Gasteiger partial charge >= 0.3 is 0 Å². The van der Waals surface area contributed by atoms with E-state index >= 15 is 0 Å². The molecule has 0 saturated heterocycles. The summed E-state index contributed by atoms with van der Waals surface area (Å²) in [4.78, 5) is 30.2. The molecule has 2 unspecified atom stereocenters. The molecule has 6 nitrogen and oxygen atoms in total. The molecule has 160 valence electrons. The molecule has 2 amide bonds. The van der Waals surface area contributed by atoms with Crippen LogP contribution in [0, 0.1) is 0 Å². The minimum Gasteiger partial charge on any atom is -0.346 e. The molecule has 0 spiro atoms. The Kier molecular flexibility index (Phi) is 5.19. The Morgan fingerprint density at radius 1 is 1.03 bits per heavy atom. The van der Waals surface area contributed by atoms with Crippen LogP contribution in [0.3, 0.4) is 0 Å². The molecule has 0 saturated carbocycles. The molecule has 1 aromatic heterocycles. The summed E-state index contributed by atoms with van der Waals surface area (Å²) < 4.78 is 2.04. The lowest BCUT2D eigenvalue weighted by Gasteiger charge is -2.20. The van der Waals surface area contributed by atoms with E-state index in [1.807, 2.05) is 72.3 Å². The zero-order valence-electron chi connectivity index (χ0n) is 17.8. The van der Waals surface area contributed by atoms with Gasteiger partial charge in [0, 0.05) is 12.6 Å². The summed E-state index contributed by atoms with van der Waals surface area (Å²) in [6.45, 7) is 0. The molecule has 0 radical (unpaired) electrons. The third-order valence-electron chi connectivity index (χ3n) is 6.03. The van der Waals surface area contributed by atoms with Gasteiger partial charge in [0.05, 0.1) is 29.5 Å². The number of nitrogens with one attached hydrogen (secondary N) is 2. The third kappa shape index (κ3) is 3.75. The number of carbonyl (C=O) groups is 2. The van der Waals surface area contributed by atoms with Crippen LogP contribution in [0.1, 0.15) is 45.8 Å². The Bertz CT molecular complexity index is 1300. The highest BCUT2D eigenvalue weighted by Gasteiger charge is 2.30. The van der Waals surface area contributed by atoms with Gasteiger partial charge in [0.2, 0.25) is 5.91 Å². The fourth-order valence-corrected chi connectivity index (χ4v) is 4.45. The van der Waals surface area contributed by atoms with Gasteiger partial charge in [0.15, 0.2) is 0 Å². The molecule has 2 atom stereocenters. The predicted molar refractivity (Wildman–Crippen MR) is 123 cm³/mol. The summed E-state index contributed by atoms with van der Waals surface area (Å²) in [5.74, 6) is 0.550. The second-order valence-electron chi connectivity index (χ2n) is 8.14. The summed E-state index contributed by atoms with van der Waals surface area (Å²) >= 11 is 0. The highest BCUT2D eigenvalue weighted by molar-refractivity contribution is 5.99. The van der Waals surface area contributed by atoms with Crippen LogP contribution in [0.25, 0.3) is 11.0 Å². The number of aromatic nitrogens is 2. The molecule has 32 heavy (non-hydrogen) atoms. The molecule has 1 aliphatic rings. The highest BCUT2D eigenvalue weighted by Crippen LogP contribution is 2.28. The van der Waals surface area contributed by atoms with Crippen LogP contribution in [0.4, 0.5) is 0 Å². The number of aryl methyl sites for hydroxylation is 1. The van der Waals surface area contributed by atoms with Crippen molar-refractivity contribution in [2.75, 3.05) is 0 Å². The largest absolute Gasteiger partial charge is 0.346 e. The van der Waals surface area contributed by atoms with Crippen LogP contribution in [0.5, 0.6) is 0 Å². The van der Waals surface area contributed by atoms with Gasteiger partial charge in [-0.15, -0.1) is 0 Å². The van der Waals surface area contributed by atoms with Crippen LogP contribution >= 0.6 is 0 Å². The Hall–Kier alpha value is -3.93. The highest BCUT2D eigenvalue weighted by atomic mass is 16.2. The van der Waals surface area contributed by atoms with Crippen molar-refractivity contribution in [2.45, 2.75) is 24.9 Å². The molecule has 2 heterocycles. The SMILES string of the molecule is Cn1c(C(Cc2ccccc2)NC(=O)CC2NC(=O)c3ccccc32)nc2ccccc21. The van der Waals surface area contributed by atoms with E-state index in [1.165, 1.54) is 0 Å². The fourth-order valence-electron chi connectivity index (χ4n) is 4.45. The van der Waals surface area contributed by atoms with E-state index in [2.05, 4.69) is 22.8 Å². The Morgan fingerprint density at radius 2 is 1.75 bits per heavy atom. The van der Waals surface area contributed by atoms with E-state index < -0.39 is 0 Å². The van der Waals surface area contributed by atoms with Crippen molar-refractivity contribution < 1.29 is 9.59 Å². The second-order valence-corrected chi connectivity index (χ2v) is 8.14. The van der Waals surface area contributed by atoms with Crippen LogP contribution in [-0.4, -0.2) is 21.4 Å². The summed E-state index contributed by atoms with van der Waals surface area (Å²) in [6, 6.07) is 24.8. The van der Waals surface area contributed by atoms with Crippen molar-refractivity contribution in [2.24, 2.45) is 7.05 Å². The van der Waals surface area contributed by atoms with Crippen molar-refractivity contribution in [3.8, 4) is 0 Å². The number of rotatable bonds is 6. The van der Waals surface area contributed by atoms with Crippen molar-refractivity contribution in [3.05, 3.63) is 101 Å². The number of hydrogen-bond donors (Lipinski definition) is 2. The number of hydrogen-bond acceptors (Lipinski definition) is 3. The maximum atomic E-state index is 13.1. The first kappa shape index (κ1) is 20.0. The van der Waals surface area contributed by atoms with Crippen LogP contribution in [0.2, 0.25) is 0 Å². The zero-order valence-corrected chi connectivity index (χ0v) is 17.8. The minimum atomic E-state index is -0.323. The van der Waals surface area contributed by atoms with Crippen molar-refractivity contribution >= 4 is 22.8 Å². The number of benzene rings is 3. The van der Waals surface area contributed by atoms with Crippen molar-refractivity contribution in [1.82, 2.24) is 20.2 Å². The van der Waals surface area contributed by atoms with E-state index in [0.717, 1.165) is 28.0 Å². The molecule has 0 bridgehead atoms. The van der Waals surface area contributed by atoms with Gasteiger partial charge < -0.3 is 15.2 Å². The molecule has 6 heteroatoms. The molecule has 0 fully saturated rings. The van der Waals surface area contributed by atoms with Gasteiger partial charge in [0.25, 0.3) is 5.91 Å². The molecule has 2 N–H and O–H groups in total. The average Bonchev–Trinajstić information content (AvgIpc) is 3.31. The first-order valence-corrected chi connectivity index (χ1v) is 10.7. The lowest BCUT2D eigenvalue weighted by molar-refractivity contribution is -0.122. The van der Waals surface area contributed by atoms with Gasteiger partial charge in [-0.2, -0.15) is 0 Å². The Morgan fingerprint density at radius 3 is 2.56 bits per heavy atom. The summed E-state index contributed by atoms with van der Waals surface area (Å²) in [7, 11) is 1.97. The number of amides is 2.